The maximum Gasteiger partial charge on any atom is 0.253 e. The van der Waals surface area contributed by atoms with Gasteiger partial charge in [-0.1, -0.05) is 32.9 Å². The number of hydrogen-bond donors (Lipinski definition) is 2. The van der Waals surface area contributed by atoms with Crippen LogP contribution in [0.2, 0.25) is 0 Å². The van der Waals surface area contributed by atoms with E-state index >= 15 is 0 Å². The molecule has 0 aromatic heterocycles. The van der Waals surface area contributed by atoms with Gasteiger partial charge in [0, 0.05) is 63.7 Å². The predicted octanol–water partition coefficient (Wildman–Crippen LogP) is 4.55. The van der Waals surface area contributed by atoms with Crippen molar-refractivity contribution in [2.45, 2.75) is 40.5 Å². The van der Waals surface area contributed by atoms with Crippen molar-refractivity contribution in [2.75, 3.05) is 68.2 Å². The number of methoxy groups -OCH3 is 1. The molecule has 0 bridgehead atoms. The fourth-order valence-corrected chi connectivity index (χ4v) is 4.45. The van der Waals surface area contributed by atoms with Gasteiger partial charge in [-0.15, -0.1) is 0 Å². The van der Waals surface area contributed by atoms with Crippen molar-refractivity contribution in [3.63, 3.8) is 0 Å². The van der Waals surface area contributed by atoms with Gasteiger partial charge in [0.05, 0.1) is 18.4 Å². The third-order valence-corrected chi connectivity index (χ3v) is 6.22. The number of carbonyl (C=O) groups excluding carboxylic acids is 2. The maximum atomic E-state index is 13.3. The Morgan fingerprint density at radius 2 is 1.65 bits per heavy atom. The van der Waals surface area contributed by atoms with E-state index in [-0.39, 0.29) is 17.2 Å². The number of rotatable bonds is 11. The number of piperazine rings is 1. The highest BCUT2D eigenvalue weighted by Crippen LogP contribution is 2.31. The molecule has 0 radical (unpaired) electrons. The summed E-state index contributed by atoms with van der Waals surface area (Å²) in [7, 11) is 1.69. The van der Waals surface area contributed by atoms with Crippen LogP contribution in [-0.4, -0.2) is 64.9 Å². The number of nitrogens with zero attached hydrogens (tertiary/aromatic N) is 2. The number of ether oxygens (including phenoxy) is 2. The minimum absolute atomic E-state index is 0.0613. The second kappa shape index (κ2) is 13.3. The highest BCUT2D eigenvalue weighted by molar-refractivity contribution is 6.02. The van der Waals surface area contributed by atoms with E-state index in [4.69, 9.17) is 9.47 Å². The Bertz CT molecular complexity index is 1040. The highest BCUT2D eigenvalue weighted by Gasteiger charge is 2.24. The summed E-state index contributed by atoms with van der Waals surface area (Å²) in [6.45, 7) is 13.0. The van der Waals surface area contributed by atoms with E-state index in [1.165, 1.54) is 0 Å². The van der Waals surface area contributed by atoms with Crippen molar-refractivity contribution in [3.8, 4) is 5.75 Å². The Labute approximate surface area is 221 Å². The van der Waals surface area contributed by atoms with Crippen LogP contribution in [0.25, 0.3) is 0 Å². The van der Waals surface area contributed by atoms with Crippen LogP contribution >= 0.6 is 0 Å². The molecule has 3 rings (SSSR count). The molecule has 1 heterocycles. The topological polar surface area (TPSA) is 83.1 Å². The zero-order valence-corrected chi connectivity index (χ0v) is 22.9. The van der Waals surface area contributed by atoms with Gasteiger partial charge in [0.2, 0.25) is 5.91 Å². The number of nitrogens with one attached hydrogen (secondary N) is 2. The summed E-state index contributed by atoms with van der Waals surface area (Å²) in [4.78, 5) is 30.3. The zero-order valence-electron chi connectivity index (χ0n) is 22.9. The molecule has 8 nitrogen and oxygen atoms in total. The Balaban J connectivity index is 1.76. The second-order valence-electron chi connectivity index (χ2n) is 10.5. The first-order valence-corrected chi connectivity index (χ1v) is 13.1. The molecule has 0 aliphatic carbocycles. The van der Waals surface area contributed by atoms with Gasteiger partial charge >= 0.3 is 0 Å². The van der Waals surface area contributed by atoms with Crippen molar-refractivity contribution < 1.29 is 19.1 Å². The molecule has 0 atom stereocenters. The van der Waals surface area contributed by atoms with Crippen molar-refractivity contribution >= 4 is 28.9 Å². The lowest BCUT2D eigenvalue weighted by atomic mass is 9.92. The molecule has 1 aliphatic heterocycles. The van der Waals surface area contributed by atoms with Gasteiger partial charge in [-0.25, -0.2) is 0 Å². The van der Waals surface area contributed by atoms with E-state index in [9.17, 15) is 9.59 Å². The lowest BCUT2D eigenvalue weighted by Crippen LogP contribution is -2.47. The van der Waals surface area contributed by atoms with Crippen LogP contribution in [0.5, 0.6) is 5.75 Å². The summed E-state index contributed by atoms with van der Waals surface area (Å²) < 4.78 is 10.9. The van der Waals surface area contributed by atoms with Gasteiger partial charge < -0.3 is 29.9 Å². The Kier molecular flexibility index (Phi) is 10.2. The Hall–Kier alpha value is -3.26. The van der Waals surface area contributed by atoms with Crippen LogP contribution in [-0.2, 0) is 9.53 Å². The third kappa shape index (κ3) is 8.39. The number of carbonyl (C=O) groups is 2. The monoisotopic (exact) mass is 510 g/mol. The molecule has 8 heteroatoms. The normalized spacial score (nSPS) is 13.9. The molecule has 0 saturated carbocycles. The van der Waals surface area contributed by atoms with Crippen LogP contribution in [0.3, 0.4) is 0 Å². The number of hydrogen-bond acceptors (Lipinski definition) is 6. The first-order valence-electron chi connectivity index (χ1n) is 13.1. The molecule has 2 N–H and O–H groups in total. The van der Waals surface area contributed by atoms with Crippen LogP contribution in [0, 0.1) is 5.41 Å². The Morgan fingerprint density at radius 3 is 2.30 bits per heavy atom. The first-order chi connectivity index (χ1) is 17.7. The average Bonchev–Trinajstić information content (AvgIpc) is 2.87. The molecule has 202 valence electrons. The van der Waals surface area contributed by atoms with E-state index in [1.54, 1.807) is 13.2 Å². The summed E-state index contributed by atoms with van der Waals surface area (Å²) in [5.74, 6) is 0.651. The minimum atomic E-state index is -0.148. The summed E-state index contributed by atoms with van der Waals surface area (Å²) >= 11 is 0. The average molecular weight is 511 g/mol. The fraction of sp³-hybridized carbons (Fsp3) is 0.517. The van der Waals surface area contributed by atoms with Crippen molar-refractivity contribution in [2.24, 2.45) is 5.41 Å². The quantitative estimate of drug-likeness (QED) is 0.432. The molecular weight excluding hydrogens is 468 g/mol. The molecule has 0 spiro atoms. The number of para-hydroxylation sites is 2. The van der Waals surface area contributed by atoms with Gasteiger partial charge in [-0.2, -0.15) is 0 Å². The van der Waals surface area contributed by atoms with Crippen LogP contribution in [0.1, 0.15) is 50.9 Å². The lowest BCUT2D eigenvalue weighted by molar-refractivity contribution is -0.117. The molecule has 2 amide bonds. The van der Waals surface area contributed by atoms with Gasteiger partial charge in [0.15, 0.2) is 0 Å². The molecule has 1 aliphatic rings. The summed E-state index contributed by atoms with van der Waals surface area (Å²) in [6.07, 6.45) is 1.15. The molecule has 0 unspecified atom stereocenters. The molecule has 2 aromatic rings. The fourth-order valence-electron chi connectivity index (χ4n) is 4.45. The summed E-state index contributed by atoms with van der Waals surface area (Å²) in [6, 6.07) is 13.7. The predicted molar refractivity (Wildman–Crippen MR) is 150 cm³/mol. The van der Waals surface area contributed by atoms with E-state index in [0.717, 1.165) is 49.7 Å². The number of benzene rings is 2. The van der Waals surface area contributed by atoms with Gasteiger partial charge in [0.25, 0.3) is 5.91 Å². The minimum Gasteiger partial charge on any atom is -0.495 e. The van der Waals surface area contributed by atoms with Crippen LogP contribution in [0.15, 0.2) is 42.5 Å². The summed E-state index contributed by atoms with van der Waals surface area (Å²) in [5, 5.41) is 5.99. The first kappa shape index (κ1) is 28.3. The standard InChI is InChI=1S/C29H42N4O4/c1-6-37-19-9-14-30-28(35)23-20-22(31-27(34)21-29(2,3)4)12-13-24(23)32-15-17-33(18-16-32)25-10-7-8-11-26(25)36-5/h7-8,10-13,20H,6,9,14-19,21H2,1-5H3,(H,30,35)(H,31,34). The van der Waals surface area contributed by atoms with Crippen molar-refractivity contribution in [3.05, 3.63) is 48.0 Å². The van der Waals surface area contributed by atoms with Crippen LogP contribution < -0.4 is 25.2 Å². The second-order valence-corrected chi connectivity index (χ2v) is 10.5. The van der Waals surface area contributed by atoms with Crippen LogP contribution in [0.4, 0.5) is 17.1 Å². The Morgan fingerprint density at radius 1 is 0.973 bits per heavy atom. The van der Waals surface area contributed by atoms with E-state index in [1.807, 2.05) is 58.0 Å². The summed E-state index contributed by atoms with van der Waals surface area (Å²) in [5.41, 5.74) is 3.02. The molecule has 1 saturated heterocycles. The SMILES string of the molecule is CCOCCCNC(=O)c1cc(NC(=O)CC(C)(C)C)ccc1N1CCN(c2ccccc2OC)CC1. The van der Waals surface area contributed by atoms with Crippen molar-refractivity contribution in [1.29, 1.82) is 0 Å². The van der Waals surface area contributed by atoms with E-state index < -0.39 is 0 Å². The van der Waals surface area contributed by atoms with E-state index in [2.05, 4.69) is 26.5 Å². The lowest BCUT2D eigenvalue weighted by Gasteiger charge is -2.38. The third-order valence-electron chi connectivity index (χ3n) is 6.22. The molecule has 37 heavy (non-hydrogen) atoms. The highest BCUT2D eigenvalue weighted by atomic mass is 16.5. The van der Waals surface area contributed by atoms with Gasteiger partial charge in [-0.05, 0) is 49.1 Å². The smallest absolute Gasteiger partial charge is 0.253 e. The molecule has 1 fully saturated rings. The molecule has 2 aromatic carbocycles. The van der Waals surface area contributed by atoms with E-state index in [0.29, 0.717) is 37.4 Å². The molecular formula is C29H42N4O4. The zero-order chi connectivity index (χ0) is 26.8. The number of amides is 2. The van der Waals surface area contributed by atoms with Gasteiger partial charge in [-0.3, -0.25) is 9.59 Å². The van der Waals surface area contributed by atoms with Crippen molar-refractivity contribution in [1.82, 2.24) is 5.32 Å². The van der Waals surface area contributed by atoms with Gasteiger partial charge in [0.1, 0.15) is 5.75 Å². The largest absolute Gasteiger partial charge is 0.495 e. The number of anilines is 3. The maximum absolute atomic E-state index is 13.3.